The topological polar surface area (TPSA) is 102 Å². The lowest BCUT2D eigenvalue weighted by atomic mass is 10.0. The number of hydrogen-bond acceptors (Lipinski definition) is 7. The molecule has 42 heavy (non-hydrogen) atoms. The molecule has 7 rings (SSSR count). The Morgan fingerprint density at radius 1 is 1.12 bits per heavy atom. The average molecular weight is 581 g/mol. The number of carbonyl (C=O) groups excluding carboxylic acids is 2. The van der Waals surface area contributed by atoms with Crippen LogP contribution in [0.3, 0.4) is 0 Å². The van der Waals surface area contributed by atoms with Gasteiger partial charge in [0.1, 0.15) is 29.2 Å². The fraction of sp³-hybridized carbons (Fsp3) is 0.367. The molecule has 2 N–H and O–H groups in total. The fourth-order valence-corrected chi connectivity index (χ4v) is 5.91. The predicted octanol–water partition coefficient (Wildman–Crippen LogP) is 4.27. The maximum Gasteiger partial charge on any atom is 0.416 e. The lowest BCUT2D eigenvalue weighted by Gasteiger charge is -2.27. The van der Waals surface area contributed by atoms with E-state index in [2.05, 4.69) is 15.6 Å². The molecule has 218 valence electrons. The Morgan fingerprint density at radius 3 is 2.76 bits per heavy atom. The second-order valence-corrected chi connectivity index (χ2v) is 10.9. The fourth-order valence-electron chi connectivity index (χ4n) is 5.91. The predicted molar refractivity (Wildman–Crippen MR) is 144 cm³/mol. The zero-order valence-corrected chi connectivity index (χ0v) is 22.4. The average Bonchev–Trinajstić information content (AvgIpc) is 3.49. The first-order valence-corrected chi connectivity index (χ1v) is 13.8. The SMILES string of the molecule is O=C1CCc2c(Oc3ccc4c(c3)C3C(NC(=O)c5ccc(CN6CCOCC6)c(C(F)(F)F)c5)C3O4)ccnc2N1. The number of hydrogen-bond donors (Lipinski definition) is 2. The Morgan fingerprint density at radius 2 is 1.95 bits per heavy atom. The van der Waals surface area contributed by atoms with Crippen LogP contribution in [0.1, 0.15) is 45.0 Å². The number of rotatable bonds is 6. The van der Waals surface area contributed by atoms with Crippen LogP contribution in [0.15, 0.2) is 48.7 Å². The molecule has 0 spiro atoms. The van der Waals surface area contributed by atoms with Gasteiger partial charge in [0.15, 0.2) is 0 Å². The van der Waals surface area contributed by atoms with Gasteiger partial charge in [0.2, 0.25) is 5.91 Å². The van der Waals surface area contributed by atoms with E-state index in [-0.39, 0.29) is 41.6 Å². The van der Waals surface area contributed by atoms with Crippen molar-refractivity contribution in [3.8, 4) is 17.2 Å². The summed E-state index contributed by atoms with van der Waals surface area (Å²) in [5, 5.41) is 5.61. The summed E-state index contributed by atoms with van der Waals surface area (Å²) in [5.41, 5.74) is 0.948. The van der Waals surface area contributed by atoms with E-state index in [1.807, 2.05) is 11.0 Å². The first-order chi connectivity index (χ1) is 20.2. The van der Waals surface area contributed by atoms with Crippen LogP contribution in [0, 0.1) is 0 Å². The lowest BCUT2D eigenvalue weighted by molar-refractivity contribution is -0.138. The number of halogens is 3. The van der Waals surface area contributed by atoms with Gasteiger partial charge in [-0.15, -0.1) is 0 Å². The van der Waals surface area contributed by atoms with E-state index in [4.69, 9.17) is 14.2 Å². The molecule has 2 amide bonds. The zero-order chi connectivity index (χ0) is 29.0. The molecule has 9 nitrogen and oxygen atoms in total. The van der Waals surface area contributed by atoms with Gasteiger partial charge in [0.05, 0.1) is 30.7 Å². The second kappa shape index (κ2) is 10.3. The van der Waals surface area contributed by atoms with Crippen molar-refractivity contribution in [2.45, 2.75) is 43.6 Å². The molecule has 1 saturated heterocycles. The monoisotopic (exact) mass is 580 g/mol. The van der Waals surface area contributed by atoms with Crippen molar-refractivity contribution in [3.63, 3.8) is 0 Å². The number of anilines is 1. The molecule has 1 saturated carbocycles. The molecule has 0 bridgehead atoms. The normalized spacial score (nSPS) is 22.7. The Balaban J connectivity index is 1.05. The number of fused-ring (bicyclic) bond motifs is 4. The highest BCUT2D eigenvalue weighted by Crippen LogP contribution is 2.54. The van der Waals surface area contributed by atoms with Gasteiger partial charge in [0, 0.05) is 48.9 Å². The summed E-state index contributed by atoms with van der Waals surface area (Å²) >= 11 is 0. The molecule has 4 heterocycles. The number of carbonyl (C=O) groups is 2. The van der Waals surface area contributed by atoms with Crippen molar-refractivity contribution in [1.29, 1.82) is 0 Å². The van der Waals surface area contributed by atoms with Crippen molar-refractivity contribution in [3.05, 3.63) is 76.5 Å². The summed E-state index contributed by atoms with van der Waals surface area (Å²) in [6.45, 7) is 2.21. The Kier molecular flexibility index (Phi) is 6.54. The minimum absolute atomic E-state index is 0.0510. The van der Waals surface area contributed by atoms with E-state index in [0.29, 0.717) is 62.2 Å². The van der Waals surface area contributed by atoms with Crippen LogP contribution in [0.5, 0.6) is 17.2 Å². The number of nitrogens with one attached hydrogen (secondary N) is 2. The van der Waals surface area contributed by atoms with Crippen LogP contribution < -0.4 is 20.1 Å². The summed E-state index contributed by atoms with van der Waals surface area (Å²) in [6.07, 6.45) is -2.46. The van der Waals surface area contributed by atoms with Crippen LogP contribution >= 0.6 is 0 Å². The third-order valence-corrected chi connectivity index (χ3v) is 8.13. The first kappa shape index (κ1) is 26.7. The number of amides is 2. The van der Waals surface area contributed by atoms with E-state index in [0.717, 1.165) is 17.2 Å². The van der Waals surface area contributed by atoms with Gasteiger partial charge in [-0.2, -0.15) is 13.2 Å². The Bertz CT molecular complexity index is 1570. The summed E-state index contributed by atoms with van der Waals surface area (Å²) in [6, 6.07) is 10.6. The molecule has 2 fully saturated rings. The third kappa shape index (κ3) is 5.05. The summed E-state index contributed by atoms with van der Waals surface area (Å²) in [7, 11) is 0. The van der Waals surface area contributed by atoms with Crippen molar-refractivity contribution >= 4 is 17.6 Å². The van der Waals surface area contributed by atoms with Gasteiger partial charge < -0.3 is 24.8 Å². The van der Waals surface area contributed by atoms with Crippen molar-refractivity contribution < 1.29 is 37.0 Å². The van der Waals surface area contributed by atoms with E-state index >= 15 is 0 Å². The van der Waals surface area contributed by atoms with E-state index < -0.39 is 17.6 Å². The number of morpholine rings is 1. The van der Waals surface area contributed by atoms with Crippen molar-refractivity contribution in [2.75, 3.05) is 31.6 Å². The molecule has 3 atom stereocenters. The molecule has 3 aromatic rings. The summed E-state index contributed by atoms with van der Waals surface area (Å²) in [4.78, 5) is 30.9. The van der Waals surface area contributed by atoms with Gasteiger partial charge in [0.25, 0.3) is 5.91 Å². The van der Waals surface area contributed by atoms with Gasteiger partial charge >= 0.3 is 6.18 Å². The minimum Gasteiger partial charge on any atom is -0.487 e. The maximum atomic E-state index is 13.9. The van der Waals surface area contributed by atoms with Crippen molar-refractivity contribution in [1.82, 2.24) is 15.2 Å². The van der Waals surface area contributed by atoms with Crippen LogP contribution in [-0.4, -0.2) is 60.1 Å². The highest BCUT2D eigenvalue weighted by Gasteiger charge is 2.59. The van der Waals surface area contributed by atoms with Crippen LogP contribution in [0.4, 0.5) is 19.0 Å². The zero-order valence-electron chi connectivity index (χ0n) is 22.4. The number of nitrogens with zero attached hydrogens (tertiary/aromatic N) is 2. The largest absolute Gasteiger partial charge is 0.487 e. The minimum atomic E-state index is -4.59. The molecule has 4 aliphatic rings. The molecule has 12 heteroatoms. The van der Waals surface area contributed by atoms with Crippen LogP contribution in [0.2, 0.25) is 0 Å². The molecule has 1 aliphatic carbocycles. The number of aromatic nitrogens is 1. The number of alkyl halides is 3. The highest BCUT2D eigenvalue weighted by molar-refractivity contribution is 5.95. The van der Waals surface area contributed by atoms with Gasteiger partial charge in [-0.25, -0.2) is 4.98 Å². The number of benzene rings is 2. The van der Waals surface area contributed by atoms with Gasteiger partial charge in [-0.05, 0) is 48.4 Å². The summed E-state index contributed by atoms with van der Waals surface area (Å²) in [5.74, 6) is 1.51. The van der Waals surface area contributed by atoms with Gasteiger partial charge in [-0.1, -0.05) is 6.07 Å². The van der Waals surface area contributed by atoms with E-state index in [1.54, 1.807) is 24.4 Å². The van der Waals surface area contributed by atoms with Crippen molar-refractivity contribution in [2.24, 2.45) is 0 Å². The second-order valence-electron chi connectivity index (χ2n) is 10.9. The van der Waals surface area contributed by atoms with E-state index in [9.17, 15) is 22.8 Å². The quantitative estimate of drug-likeness (QED) is 0.449. The van der Waals surface area contributed by atoms with Crippen LogP contribution in [-0.2, 0) is 28.7 Å². The Hall–Kier alpha value is -4.16. The van der Waals surface area contributed by atoms with Gasteiger partial charge in [-0.3, -0.25) is 14.5 Å². The van der Waals surface area contributed by atoms with Crippen LogP contribution in [0.25, 0.3) is 0 Å². The number of ether oxygens (including phenoxy) is 3. The smallest absolute Gasteiger partial charge is 0.416 e. The summed E-state index contributed by atoms with van der Waals surface area (Å²) < 4.78 is 59.3. The lowest BCUT2D eigenvalue weighted by Crippen LogP contribution is -2.36. The standard InChI is InChI=1S/C30H27F3N4O5/c31-30(32,33)21-13-16(1-2-17(21)15-37-9-11-40-12-10-37)29(39)36-26-25-20-14-18(3-5-22(20)42-27(25)26)41-23-7-8-34-28-19(23)4-6-24(38)35-28/h1-3,5,7-8,13-14,25-27H,4,6,9-12,15H2,(H,36,39)(H,34,35,38). The molecule has 1 aromatic heterocycles. The Labute approximate surface area is 239 Å². The molecular formula is C30H27F3N4O5. The number of pyridine rings is 1. The molecule has 0 radical (unpaired) electrons. The molecule has 3 aliphatic heterocycles. The first-order valence-electron chi connectivity index (χ1n) is 13.8. The van der Waals surface area contributed by atoms with E-state index in [1.165, 1.54) is 12.1 Å². The third-order valence-electron chi connectivity index (χ3n) is 8.13. The highest BCUT2D eigenvalue weighted by atomic mass is 19.4. The maximum absolute atomic E-state index is 13.9. The molecule has 2 aromatic carbocycles. The molecule has 3 unspecified atom stereocenters. The molecular weight excluding hydrogens is 553 g/mol.